The number of carboxylic acid groups (broad SMARTS) is 1. The zero-order valence-corrected chi connectivity index (χ0v) is 13.5. The molecule has 116 valence electrons. The molecule has 4 nitrogen and oxygen atoms in total. The summed E-state index contributed by atoms with van der Waals surface area (Å²) < 4.78 is 0. The van der Waals surface area contributed by atoms with Crippen molar-refractivity contribution in [2.24, 2.45) is 0 Å². The van der Waals surface area contributed by atoms with Crippen LogP contribution in [0.15, 0.2) is 29.2 Å². The van der Waals surface area contributed by atoms with Crippen LogP contribution >= 0.6 is 23.4 Å². The van der Waals surface area contributed by atoms with Crippen LogP contribution in [0.5, 0.6) is 0 Å². The maximum atomic E-state index is 11.8. The normalized spacial score (nSPS) is 11.9. The molecule has 0 aliphatic heterocycles. The van der Waals surface area contributed by atoms with Gasteiger partial charge in [0.2, 0.25) is 5.91 Å². The summed E-state index contributed by atoms with van der Waals surface area (Å²) in [6.45, 7) is 1.99. The lowest BCUT2D eigenvalue weighted by atomic mass is 10.1. The summed E-state index contributed by atoms with van der Waals surface area (Å²) >= 11 is 7.51. The van der Waals surface area contributed by atoms with Gasteiger partial charge in [0.25, 0.3) is 0 Å². The Morgan fingerprint density at radius 3 is 2.71 bits per heavy atom. The van der Waals surface area contributed by atoms with E-state index in [1.807, 2.05) is 25.1 Å². The molecule has 0 heterocycles. The third kappa shape index (κ3) is 6.87. The number of carboxylic acids is 1. The highest BCUT2D eigenvalue weighted by atomic mass is 35.5. The number of aliphatic carboxylic acids is 1. The number of amides is 1. The highest BCUT2D eigenvalue weighted by Gasteiger charge is 2.18. The quantitative estimate of drug-likeness (QED) is 0.679. The summed E-state index contributed by atoms with van der Waals surface area (Å²) in [5, 5.41) is 12.3. The summed E-state index contributed by atoms with van der Waals surface area (Å²) in [5.74, 6) is -0.649. The maximum absolute atomic E-state index is 11.8. The van der Waals surface area contributed by atoms with Crippen LogP contribution in [-0.2, 0) is 9.59 Å². The molecule has 0 saturated heterocycles. The molecule has 1 amide bonds. The number of benzene rings is 1. The van der Waals surface area contributed by atoms with E-state index >= 15 is 0 Å². The first kappa shape index (κ1) is 17.9. The second kappa shape index (κ2) is 9.68. The van der Waals surface area contributed by atoms with Gasteiger partial charge in [-0.15, -0.1) is 11.8 Å². The Kier molecular flexibility index (Phi) is 8.23. The monoisotopic (exact) mass is 329 g/mol. The maximum Gasteiger partial charge on any atom is 0.326 e. The van der Waals surface area contributed by atoms with E-state index in [4.69, 9.17) is 16.7 Å². The van der Waals surface area contributed by atoms with Gasteiger partial charge < -0.3 is 10.4 Å². The summed E-state index contributed by atoms with van der Waals surface area (Å²) in [6, 6.07) is 6.65. The van der Waals surface area contributed by atoms with E-state index < -0.39 is 12.0 Å². The minimum absolute atomic E-state index is 0.238. The first-order valence-corrected chi connectivity index (χ1v) is 8.30. The van der Waals surface area contributed by atoms with Crippen LogP contribution in [0.3, 0.4) is 0 Å². The number of carbonyl (C=O) groups is 2. The second-order valence-electron chi connectivity index (χ2n) is 4.63. The molecule has 0 bridgehead atoms. The van der Waals surface area contributed by atoms with Crippen LogP contribution in [0.2, 0.25) is 5.02 Å². The van der Waals surface area contributed by atoms with Crippen LogP contribution in [-0.4, -0.2) is 28.8 Å². The van der Waals surface area contributed by atoms with Crippen LogP contribution in [0, 0.1) is 0 Å². The summed E-state index contributed by atoms with van der Waals surface area (Å²) in [6.07, 6.45) is 2.43. The molecule has 0 spiro atoms. The third-order valence-electron chi connectivity index (χ3n) is 2.90. The number of hydrogen-bond donors (Lipinski definition) is 2. The molecule has 0 aliphatic carbocycles. The number of thioether (sulfide) groups is 1. The van der Waals surface area contributed by atoms with Crippen LogP contribution in [0.4, 0.5) is 0 Å². The van der Waals surface area contributed by atoms with Gasteiger partial charge >= 0.3 is 5.97 Å². The van der Waals surface area contributed by atoms with Gasteiger partial charge in [-0.25, -0.2) is 4.79 Å². The standard InChI is InChI=1S/C15H20ClNO3S/c1-2-3-7-12(15(19)20)17-14(18)9-10-21-13-8-5-4-6-11(13)16/h4-6,8,12H,2-3,7,9-10H2,1H3,(H,17,18)(H,19,20)/t12-/m0/s1. The smallest absolute Gasteiger partial charge is 0.326 e. The van der Waals surface area contributed by atoms with Gasteiger partial charge in [-0.1, -0.05) is 43.5 Å². The van der Waals surface area contributed by atoms with Crippen molar-refractivity contribution in [2.45, 2.75) is 43.5 Å². The molecule has 21 heavy (non-hydrogen) atoms. The van der Waals surface area contributed by atoms with Crippen molar-refractivity contribution in [2.75, 3.05) is 5.75 Å². The van der Waals surface area contributed by atoms with E-state index in [9.17, 15) is 9.59 Å². The van der Waals surface area contributed by atoms with E-state index in [2.05, 4.69) is 5.32 Å². The Labute approximate surface area is 134 Å². The average Bonchev–Trinajstić information content (AvgIpc) is 2.45. The first-order valence-electron chi connectivity index (χ1n) is 6.94. The SMILES string of the molecule is CCCC[C@H](NC(=O)CCSc1ccccc1Cl)C(=O)O. The predicted molar refractivity (Wildman–Crippen MR) is 85.9 cm³/mol. The second-order valence-corrected chi connectivity index (χ2v) is 6.17. The molecule has 0 fully saturated rings. The largest absolute Gasteiger partial charge is 0.480 e. The Morgan fingerprint density at radius 1 is 1.38 bits per heavy atom. The zero-order valence-electron chi connectivity index (χ0n) is 12.0. The molecule has 1 atom stereocenters. The molecule has 1 aromatic rings. The van der Waals surface area contributed by atoms with Gasteiger partial charge in [-0.3, -0.25) is 4.79 Å². The molecule has 6 heteroatoms. The van der Waals surface area contributed by atoms with Gasteiger partial charge in [0.15, 0.2) is 0 Å². The lowest BCUT2D eigenvalue weighted by Gasteiger charge is -2.14. The zero-order chi connectivity index (χ0) is 15.7. The summed E-state index contributed by atoms with van der Waals surface area (Å²) in [5.41, 5.74) is 0. The number of rotatable bonds is 9. The minimum atomic E-state index is -0.976. The molecule has 2 N–H and O–H groups in total. The number of unbranched alkanes of at least 4 members (excludes halogenated alkanes) is 1. The Morgan fingerprint density at radius 2 is 2.10 bits per heavy atom. The lowest BCUT2D eigenvalue weighted by molar-refractivity contribution is -0.142. The number of hydrogen-bond acceptors (Lipinski definition) is 3. The van der Waals surface area contributed by atoms with Crippen molar-refractivity contribution in [1.29, 1.82) is 0 Å². The van der Waals surface area contributed by atoms with E-state index in [1.54, 1.807) is 6.07 Å². The van der Waals surface area contributed by atoms with E-state index in [0.717, 1.165) is 17.7 Å². The van der Waals surface area contributed by atoms with Crippen molar-refractivity contribution < 1.29 is 14.7 Å². The Balaban J connectivity index is 2.36. The average molecular weight is 330 g/mol. The predicted octanol–water partition coefficient (Wildman–Crippen LogP) is 3.58. The fourth-order valence-electron chi connectivity index (χ4n) is 1.75. The van der Waals surface area contributed by atoms with Gasteiger partial charge in [0.1, 0.15) is 6.04 Å². The van der Waals surface area contributed by atoms with Crippen molar-refractivity contribution in [3.63, 3.8) is 0 Å². The number of nitrogens with one attached hydrogen (secondary N) is 1. The van der Waals surface area contributed by atoms with Crippen molar-refractivity contribution in [1.82, 2.24) is 5.32 Å². The number of carbonyl (C=O) groups excluding carboxylic acids is 1. The Bertz CT molecular complexity index is 482. The minimum Gasteiger partial charge on any atom is -0.480 e. The van der Waals surface area contributed by atoms with Gasteiger partial charge in [-0.05, 0) is 18.6 Å². The first-order chi connectivity index (χ1) is 10.0. The molecule has 0 radical (unpaired) electrons. The van der Waals surface area contributed by atoms with Crippen LogP contribution in [0.1, 0.15) is 32.6 Å². The van der Waals surface area contributed by atoms with E-state index in [0.29, 0.717) is 17.2 Å². The van der Waals surface area contributed by atoms with E-state index in [1.165, 1.54) is 11.8 Å². The molecule has 0 aliphatic rings. The molecule has 0 aromatic heterocycles. The Hall–Kier alpha value is -1.20. The fourth-order valence-corrected chi connectivity index (χ4v) is 2.94. The molecule has 0 saturated carbocycles. The summed E-state index contributed by atoms with van der Waals surface area (Å²) in [7, 11) is 0. The summed E-state index contributed by atoms with van der Waals surface area (Å²) in [4.78, 5) is 23.7. The highest BCUT2D eigenvalue weighted by molar-refractivity contribution is 7.99. The van der Waals surface area contributed by atoms with E-state index in [-0.39, 0.29) is 12.3 Å². The molecular formula is C15H20ClNO3S. The van der Waals surface area contributed by atoms with Crippen LogP contribution < -0.4 is 5.32 Å². The van der Waals surface area contributed by atoms with Crippen molar-refractivity contribution in [3.05, 3.63) is 29.3 Å². The van der Waals surface area contributed by atoms with Crippen molar-refractivity contribution >= 4 is 35.2 Å². The van der Waals surface area contributed by atoms with Gasteiger partial charge in [0, 0.05) is 17.1 Å². The number of halogens is 1. The van der Waals surface area contributed by atoms with Crippen LogP contribution in [0.25, 0.3) is 0 Å². The molecular weight excluding hydrogens is 310 g/mol. The molecule has 1 rings (SSSR count). The lowest BCUT2D eigenvalue weighted by Crippen LogP contribution is -2.40. The molecule has 1 aromatic carbocycles. The highest BCUT2D eigenvalue weighted by Crippen LogP contribution is 2.26. The molecule has 0 unspecified atom stereocenters. The fraction of sp³-hybridized carbons (Fsp3) is 0.467. The third-order valence-corrected chi connectivity index (χ3v) is 4.42. The van der Waals surface area contributed by atoms with Gasteiger partial charge in [-0.2, -0.15) is 0 Å². The van der Waals surface area contributed by atoms with Crippen molar-refractivity contribution in [3.8, 4) is 0 Å². The topological polar surface area (TPSA) is 66.4 Å². The van der Waals surface area contributed by atoms with Gasteiger partial charge in [0.05, 0.1) is 5.02 Å².